The molecule has 2 heterocycles. The summed E-state index contributed by atoms with van der Waals surface area (Å²) in [5, 5.41) is 0. The predicted octanol–water partition coefficient (Wildman–Crippen LogP) is 4.28. The van der Waals surface area contributed by atoms with Crippen LogP contribution in [0, 0.1) is 5.82 Å². The summed E-state index contributed by atoms with van der Waals surface area (Å²) in [4.78, 5) is 23.8. The molecule has 1 fully saturated rings. The molecule has 5 nitrogen and oxygen atoms in total. The second kappa shape index (κ2) is 8.39. The van der Waals surface area contributed by atoms with E-state index in [2.05, 4.69) is 20.9 Å². The van der Waals surface area contributed by atoms with E-state index in [0.29, 0.717) is 11.3 Å². The Kier molecular flexibility index (Phi) is 5.51. The van der Waals surface area contributed by atoms with Gasteiger partial charge in [-0.3, -0.25) is 4.79 Å². The monoisotopic (exact) mass is 390 g/mol. The van der Waals surface area contributed by atoms with Gasteiger partial charge in [0.25, 0.3) is 0 Å². The van der Waals surface area contributed by atoms with Crippen LogP contribution in [0.1, 0.15) is 35.3 Å². The molecule has 0 amide bonds. The van der Waals surface area contributed by atoms with Crippen molar-refractivity contribution in [1.82, 2.24) is 9.97 Å². The fourth-order valence-corrected chi connectivity index (χ4v) is 3.76. The minimum atomic E-state index is -0.416. The number of benzene rings is 2. The number of piperidine rings is 1. The second-order valence-electron chi connectivity index (χ2n) is 7.25. The highest BCUT2D eigenvalue weighted by Gasteiger charge is 2.20. The Morgan fingerprint density at radius 3 is 2.55 bits per heavy atom. The molecule has 1 saturated heterocycles. The zero-order valence-corrected chi connectivity index (χ0v) is 16.1. The summed E-state index contributed by atoms with van der Waals surface area (Å²) < 4.78 is 14.1. The van der Waals surface area contributed by atoms with E-state index in [1.54, 1.807) is 18.2 Å². The predicted molar refractivity (Wildman–Crippen MR) is 112 cm³/mol. The van der Waals surface area contributed by atoms with E-state index in [0.717, 1.165) is 37.2 Å². The average Bonchev–Trinajstić information content (AvgIpc) is 2.75. The maximum Gasteiger partial charge on any atom is 0.189 e. The van der Waals surface area contributed by atoms with Crippen LogP contribution in [-0.2, 0) is 6.42 Å². The summed E-state index contributed by atoms with van der Waals surface area (Å²) >= 11 is 0. The van der Waals surface area contributed by atoms with E-state index in [1.165, 1.54) is 18.7 Å². The smallest absolute Gasteiger partial charge is 0.189 e. The lowest BCUT2D eigenvalue weighted by Crippen LogP contribution is -2.30. The molecule has 29 heavy (non-hydrogen) atoms. The van der Waals surface area contributed by atoms with Gasteiger partial charge < -0.3 is 10.6 Å². The maximum absolute atomic E-state index is 14.1. The number of rotatable bonds is 5. The van der Waals surface area contributed by atoms with Crippen molar-refractivity contribution in [2.75, 3.05) is 23.7 Å². The van der Waals surface area contributed by atoms with Gasteiger partial charge >= 0.3 is 0 Å². The first kappa shape index (κ1) is 19.1. The van der Waals surface area contributed by atoms with Crippen molar-refractivity contribution in [2.45, 2.75) is 25.7 Å². The average molecular weight is 390 g/mol. The van der Waals surface area contributed by atoms with Crippen LogP contribution < -0.4 is 10.6 Å². The summed E-state index contributed by atoms with van der Waals surface area (Å²) in [5.41, 5.74) is 8.64. The molecule has 4 rings (SSSR count). The lowest BCUT2D eigenvalue weighted by atomic mass is 10.0. The summed E-state index contributed by atoms with van der Waals surface area (Å²) in [6.07, 6.45) is 5.13. The summed E-state index contributed by atoms with van der Waals surface area (Å²) in [6, 6.07) is 14.2. The minimum absolute atomic E-state index is 0.0607. The number of carbonyl (C=O) groups is 1. The molecular formula is C23H23FN4O. The molecule has 1 aliphatic heterocycles. The van der Waals surface area contributed by atoms with E-state index >= 15 is 0 Å². The molecule has 148 valence electrons. The first-order valence-electron chi connectivity index (χ1n) is 9.87. The Morgan fingerprint density at radius 1 is 1.03 bits per heavy atom. The number of nitrogens with zero attached hydrogens (tertiary/aromatic N) is 3. The third-order valence-electron chi connectivity index (χ3n) is 5.25. The largest absolute Gasteiger partial charge is 0.382 e. The van der Waals surface area contributed by atoms with Gasteiger partial charge in [0.1, 0.15) is 11.5 Å². The van der Waals surface area contributed by atoms with Gasteiger partial charge in [0.15, 0.2) is 11.6 Å². The minimum Gasteiger partial charge on any atom is -0.382 e. The summed E-state index contributed by atoms with van der Waals surface area (Å²) in [6.45, 7) is 1.99. The highest BCUT2D eigenvalue weighted by atomic mass is 19.1. The molecule has 0 saturated carbocycles. The Labute approximate surface area is 169 Å². The van der Waals surface area contributed by atoms with Crippen molar-refractivity contribution in [3.63, 3.8) is 0 Å². The molecule has 1 aliphatic rings. The number of hydrogen-bond acceptors (Lipinski definition) is 5. The Balaban J connectivity index is 1.63. The van der Waals surface area contributed by atoms with Crippen molar-refractivity contribution in [2.24, 2.45) is 0 Å². The number of nitrogen functional groups attached to an aromatic ring is 1. The molecule has 0 radical (unpaired) electrons. The van der Waals surface area contributed by atoms with Crippen molar-refractivity contribution in [3.8, 4) is 11.3 Å². The van der Waals surface area contributed by atoms with Gasteiger partial charge in [-0.2, -0.15) is 0 Å². The number of anilines is 2. The van der Waals surface area contributed by atoms with Crippen LogP contribution in [-0.4, -0.2) is 28.8 Å². The first-order chi connectivity index (χ1) is 14.1. The van der Waals surface area contributed by atoms with Crippen molar-refractivity contribution < 1.29 is 9.18 Å². The van der Waals surface area contributed by atoms with Gasteiger partial charge in [-0.1, -0.05) is 30.3 Å². The normalized spacial score (nSPS) is 14.0. The van der Waals surface area contributed by atoms with E-state index in [-0.39, 0.29) is 23.7 Å². The SMILES string of the molecule is Nc1ncc(-c2ccccc2F)nc1C(=O)Cc1ccccc1N1CCCCC1. The molecule has 1 aromatic heterocycles. The lowest BCUT2D eigenvalue weighted by Gasteiger charge is -2.30. The second-order valence-corrected chi connectivity index (χ2v) is 7.25. The molecule has 0 bridgehead atoms. The van der Waals surface area contributed by atoms with Crippen molar-refractivity contribution >= 4 is 17.3 Å². The molecule has 0 spiro atoms. The quantitative estimate of drug-likeness (QED) is 0.659. The highest BCUT2D eigenvalue weighted by Crippen LogP contribution is 2.26. The topological polar surface area (TPSA) is 72.1 Å². The summed E-state index contributed by atoms with van der Waals surface area (Å²) in [5.74, 6) is -0.580. The zero-order valence-electron chi connectivity index (χ0n) is 16.1. The third-order valence-corrected chi connectivity index (χ3v) is 5.25. The molecule has 3 aromatic rings. The molecule has 0 unspecified atom stereocenters. The van der Waals surface area contributed by atoms with E-state index < -0.39 is 5.82 Å². The standard InChI is InChI=1S/C23H23FN4O/c24-18-10-4-3-9-17(18)19-15-26-23(25)22(27-19)21(29)14-16-8-2-5-11-20(16)28-12-6-1-7-13-28/h2-5,8-11,15H,1,6-7,12-14H2,(H2,25,26). The number of Topliss-reactive ketones (excluding diaryl/α,β-unsaturated/α-hetero) is 1. The van der Waals surface area contributed by atoms with Crippen molar-refractivity contribution in [1.29, 1.82) is 0 Å². The Bertz CT molecular complexity index is 1030. The number of nitrogens with two attached hydrogens (primary N) is 1. The number of para-hydroxylation sites is 1. The number of carbonyl (C=O) groups excluding carboxylic acids is 1. The molecule has 6 heteroatoms. The van der Waals surface area contributed by atoms with Gasteiger partial charge in [-0.05, 0) is 43.0 Å². The van der Waals surface area contributed by atoms with Crippen molar-refractivity contribution in [3.05, 3.63) is 71.8 Å². The summed E-state index contributed by atoms with van der Waals surface area (Å²) in [7, 11) is 0. The highest BCUT2D eigenvalue weighted by molar-refractivity contribution is 6.00. The molecular weight excluding hydrogens is 367 g/mol. The van der Waals surface area contributed by atoms with Gasteiger partial charge in [0, 0.05) is 30.8 Å². The molecule has 0 aliphatic carbocycles. The molecule has 0 atom stereocenters. The van der Waals surface area contributed by atoms with Crippen LogP contribution in [0.3, 0.4) is 0 Å². The van der Waals surface area contributed by atoms with E-state index in [4.69, 9.17) is 5.73 Å². The van der Waals surface area contributed by atoms with Gasteiger partial charge in [0.2, 0.25) is 0 Å². The van der Waals surface area contributed by atoms with Crippen LogP contribution >= 0.6 is 0 Å². The number of aromatic nitrogens is 2. The van der Waals surface area contributed by atoms with E-state index in [9.17, 15) is 9.18 Å². The van der Waals surface area contributed by atoms with Crippen LogP contribution in [0.15, 0.2) is 54.7 Å². The maximum atomic E-state index is 14.1. The van der Waals surface area contributed by atoms with Crippen LogP contribution in [0.2, 0.25) is 0 Å². The van der Waals surface area contributed by atoms with Crippen LogP contribution in [0.25, 0.3) is 11.3 Å². The lowest BCUT2D eigenvalue weighted by molar-refractivity contribution is 0.0989. The number of hydrogen-bond donors (Lipinski definition) is 1. The molecule has 2 N–H and O–H groups in total. The fourth-order valence-electron chi connectivity index (χ4n) is 3.76. The third kappa shape index (κ3) is 4.11. The van der Waals surface area contributed by atoms with Gasteiger partial charge in [-0.25, -0.2) is 14.4 Å². The van der Waals surface area contributed by atoms with Crippen LogP contribution in [0.4, 0.5) is 15.9 Å². The molecule has 2 aromatic carbocycles. The Hall–Kier alpha value is -3.28. The number of ketones is 1. The zero-order chi connectivity index (χ0) is 20.2. The first-order valence-corrected chi connectivity index (χ1v) is 9.87. The Morgan fingerprint density at radius 2 is 1.76 bits per heavy atom. The van der Waals surface area contributed by atoms with Crippen LogP contribution in [0.5, 0.6) is 0 Å². The van der Waals surface area contributed by atoms with Gasteiger partial charge in [-0.15, -0.1) is 0 Å². The van der Waals surface area contributed by atoms with Gasteiger partial charge in [0.05, 0.1) is 11.9 Å². The van der Waals surface area contributed by atoms with E-state index in [1.807, 2.05) is 18.2 Å². The fraction of sp³-hybridized carbons (Fsp3) is 0.261. The number of halogens is 1.